The number of hydrogen-bond acceptors (Lipinski definition) is 5. The van der Waals surface area contributed by atoms with Crippen LogP contribution in [0, 0.1) is 0 Å². The maximum atomic E-state index is 12.8. The Morgan fingerprint density at radius 2 is 2.00 bits per heavy atom. The second-order valence-corrected chi connectivity index (χ2v) is 6.14. The number of aromatic amines is 1. The first kappa shape index (κ1) is 17.1. The molecule has 0 fully saturated rings. The highest BCUT2D eigenvalue weighted by atomic mass is 19.4. The number of hydrogen-bond donors (Lipinski definition) is 1. The molecule has 0 saturated carbocycles. The van der Waals surface area contributed by atoms with Crippen molar-refractivity contribution in [3.63, 3.8) is 0 Å². The van der Waals surface area contributed by atoms with Gasteiger partial charge in [-0.15, -0.1) is 13.2 Å². The monoisotopic (exact) mass is 377 g/mol. The van der Waals surface area contributed by atoms with E-state index in [0.717, 1.165) is 17.7 Å². The molecular formula is C17H14F3N5O2. The molecule has 1 atom stereocenters. The zero-order chi connectivity index (χ0) is 19.2. The summed E-state index contributed by atoms with van der Waals surface area (Å²) in [7, 11) is 1.84. The first-order valence-corrected chi connectivity index (χ1v) is 8.02. The summed E-state index contributed by atoms with van der Waals surface area (Å²) in [6.45, 7) is 0.637. The summed E-state index contributed by atoms with van der Waals surface area (Å²) in [4.78, 5) is 19.9. The number of aromatic nitrogens is 3. The summed E-state index contributed by atoms with van der Waals surface area (Å²) in [5, 5.41) is 6.00. The predicted molar refractivity (Wildman–Crippen MR) is 92.2 cm³/mol. The van der Waals surface area contributed by atoms with E-state index in [1.807, 2.05) is 7.05 Å². The van der Waals surface area contributed by atoms with Gasteiger partial charge in [0.15, 0.2) is 0 Å². The molecule has 0 aliphatic carbocycles. The van der Waals surface area contributed by atoms with E-state index in [1.165, 1.54) is 23.0 Å². The van der Waals surface area contributed by atoms with Gasteiger partial charge in [0, 0.05) is 43.2 Å². The number of pyridine rings is 1. The molecule has 1 aliphatic heterocycles. The van der Waals surface area contributed by atoms with E-state index < -0.39 is 6.36 Å². The summed E-state index contributed by atoms with van der Waals surface area (Å²) in [5.74, 6) is -0.410. The van der Waals surface area contributed by atoms with Crippen LogP contribution in [0.15, 0.2) is 46.7 Å². The molecule has 27 heavy (non-hydrogen) atoms. The minimum Gasteiger partial charge on any atom is -0.406 e. The van der Waals surface area contributed by atoms with E-state index in [2.05, 4.69) is 19.8 Å². The Balaban J connectivity index is 1.79. The van der Waals surface area contributed by atoms with E-state index in [9.17, 15) is 18.0 Å². The maximum absolute atomic E-state index is 12.8. The van der Waals surface area contributed by atoms with Crippen LogP contribution in [0.5, 0.6) is 5.75 Å². The number of alkyl halides is 3. The Bertz CT molecular complexity index is 1070. The number of hydrazone groups is 1. The van der Waals surface area contributed by atoms with Crippen LogP contribution in [0.4, 0.5) is 13.2 Å². The van der Waals surface area contributed by atoms with Gasteiger partial charge in [0.25, 0.3) is 5.56 Å². The minimum atomic E-state index is -4.77. The van der Waals surface area contributed by atoms with Crippen LogP contribution in [0.2, 0.25) is 0 Å². The largest absolute Gasteiger partial charge is 0.573 e. The number of fused-ring (bicyclic) bond motifs is 1. The Morgan fingerprint density at radius 3 is 2.63 bits per heavy atom. The number of nitrogens with zero attached hydrogens (tertiary/aromatic N) is 4. The van der Waals surface area contributed by atoms with Crippen molar-refractivity contribution < 1.29 is 17.9 Å². The van der Waals surface area contributed by atoms with Gasteiger partial charge in [-0.3, -0.25) is 14.4 Å². The normalized spacial score (nSPS) is 17.0. The smallest absolute Gasteiger partial charge is 0.406 e. The van der Waals surface area contributed by atoms with Gasteiger partial charge in [0.2, 0.25) is 0 Å². The first-order valence-electron chi connectivity index (χ1n) is 8.02. The van der Waals surface area contributed by atoms with Crippen molar-refractivity contribution in [3.8, 4) is 11.4 Å². The van der Waals surface area contributed by atoms with Crippen LogP contribution < -0.4 is 10.3 Å². The molecule has 0 saturated heterocycles. The lowest BCUT2D eigenvalue weighted by Gasteiger charge is -2.14. The zero-order valence-corrected chi connectivity index (χ0v) is 14.1. The molecule has 0 amide bonds. The molecule has 2 aromatic heterocycles. The molecular weight excluding hydrogens is 363 g/mol. The minimum absolute atomic E-state index is 0.0551. The van der Waals surface area contributed by atoms with Crippen molar-refractivity contribution in [2.45, 2.75) is 12.3 Å². The Morgan fingerprint density at radius 1 is 1.26 bits per heavy atom. The molecule has 0 radical (unpaired) electrons. The first-order chi connectivity index (χ1) is 12.8. The molecule has 1 unspecified atom stereocenters. The van der Waals surface area contributed by atoms with Crippen LogP contribution in [-0.2, 0) is 0 Å². The lowest BCUT2D eigenvalue weighted by Crippen LogP contribution is -2.22. The van der Waals surface area contributed by atoms with Gasteiger partial charge < -0.3 is 9.72 Å². The number of imidazole rings is 1. The number of ether oxygens (including phenoxy) is 1. The third-order valence-electron chi connectivity index (χ3n) is 4.27. The SMILES string of the molecule is CN1CC(c2cn(-c3ccc(OC(F)(F)F)cc3)c(=O)c3[nH]cnc23)C=N1. The molecule has 7 nitrogen and oxygen atoms in total. The Labute approximate surface area is 150 Å². The lowest BCUT2D eigenvalue weighted by atomic mass is 10.0. The van der Waals surface area contributed by atoms with E-state index in [4.69, 9.17) is 0 Å². The number of rotatable bonds is 3. The van der Waals surface area contributed by atoms with Gasteiger partial charge in [0.05, 0.1) is 11.8 Å². The van der Waals surface area contributed by atoms with Gasteiger partial charge >= 0.3 is 6.36 Å². The topological polar surface area (TPSA) is 75.5 Å². The molecule has 1 aromatic carbocycles. The molecule has 0 spiro atoms. The fourth-order valence-electron chi connectivity index (χ4n) is 3.08. The summed E-state index contributed by atoms with van der Waals surface area (Å²) in [5.41, 5.74) is 1.75. The van der Waals surface area contributed by atoms with E-state index in [1.54, 1.807) is 17.4 Å². The van der Waals surface area contributed by atoms with Crippen molar-refractivity contribution in [1.29, 1.82) is 0 Å². The Kier molecular flexibility index (Phi) is 3.90. The highest BCUT2D eigenvalue weighted by molar-refractivity contribution is 5.83. The summed E-state index contributed by atoms with van der Waals surface area (Å²) in [6, 6.07) is 5.11. The van der Waals surface area contributed by atoms with Crippen LogP contribution in [0.25, 0.3) is 16.7 Å². The molecule has 1 aliphatic rings. The van der Waals surface area contributed by atoms with Gasteiger partial charge in [-0.25, -0.2) is 4.98 Å². The molecule has 1 N–H and O–H groups in total. The van der Waals surface area contributed by atoms with Crippen molar-refractivity contribution in [2.75, 3.05) is 13.6 Å². The molecule has 0 bridgehead atoms. The quantitative estimate of drug-likeness (QED) is 0.761. The molecule has 3 aromatic rings. The number of benzene rings is 1. The van der Waals surface area contributed by atoms with E-state index >= 15 is 0 Å². The van der Waals surface area contributed by atoms with Crippen LogP contribution in [0.1, 0.15) is 11.5 Å². The third kappa shape index (κ3) is 3.25. The van der Waals surface area contributed by atoms with Crippen LogP contribution in [0.3, 0.4) is 0 Å². The average molecular weight is 377 g/mol. The van der Waals surface area contributed by atoms with Crippen LogP contribution in [-0.4, -0.2) is 45.7 Å². The Hall–Kier alpha value is -3.30. The van der Waals surface area contributed by atoms with Gasteiger partial charge in [-0.05, 0) is 24.3 Å². The lowest BCUT2D eigenvalue weighted by molar-refractivity contribution is -0.274. The molecule has 10 heteroatoms. The van der Waals surface area contributed by atoms with Crippen molar-refractivity contribution >= 4 is 17.2 Å². The van der Waals surface area contributed by atoms with Gasteiger partial charge in [-0.1, -0.05) is 0 Å². The number of halogens is 3. The van der Waals surface area contributed by atoms with Gasteiger partial charge in [0.1, 0.15) is 11.3 Å². The standard InChI is InChI=1S/C17H14F3N5O2/c1-24-7-10(6-23-24)13-8-25(16(26)15-14(13)21-9-22-15)11-2-4-12(5-3-11)27-17(18,19)20/h2-6,8-10H,7H2,1H3,(H,21,22). The highest BCUT2D eigenvalue weighted by Crippen LogP contribution is 2.27. The molecule has 3 heterocycles. The van der Waals surface area contributed by atoms with Crippen molar-refractivity contribution in [3.05, 3.63) is 52.7 Å². The maximum Gasteiger partial charge on any atom is 0.573 e. The molecule has 140 valence electrons. The van der Waals surface area contributed by atoms with Crippen molar-refractivity contribution in [2.24, 2.45) is 5.10 Å². The predicted octanol–water partition coefficient (Wildman–Crippen LogP) is 2.63. The highest BCUT2D eigenvalue weighted by Gasteiger charge is 2.31. The van der Waals surface area contributed by atoms with Crippen LogP contribution >= 0.6 is 0 Å². The summed E-state index contributed by atoms with van der Waals surface area (Å²) in [6.07, 6.45) is 0.101. The zero-order valence-electron chi connectivity index (χ0n) is 14.1. The third-order valence-corrected chi connectivity index (χ3v) is 4.27. The number of H-pyrrole nitrogens is 1. The summed E-state index contributed by atoms with van der Waals surface area (Å²) >= 11 is 0. The second kappa shape index (κ2) is 6.15. The van der Waals surface area contributed by atoms with E-state index in [0.29, 0.717) is 23.3 Å². The van der Waals surface area contributed by atoms with Gasteiger partial charge in [-0.2, -0.15) is 5.10 Å². The summed E-state index contributed by atoms with van der Waals surface area (Å²) < 4.78 is 42.2. The fourth-order valence-corrected chi connectivity index (χ4v) is 3.08. The average Bonchev–Trinajstić information content (AvgIpc) is 3.24. The second-order valence-electron chi connectivity index (χ2n) is 6.14. The number of likely N-dealkylation sites (N-methyl/N-ethyl adjacent to an activating group) is 1. The fraction of sp³-hybridized carbons (Fsp3) is 0.235. The number of nitrogens with one attached hydrogen (secondary N) is 1. The van der Waals surface area contributed by atoms with Crippen molar-refractivity contribution in [1.82, 2.24) is 19.5 Å². The van der Waals surface area contributed by atoms with E-state index in [-0.39, 0.29) is 17.2 Å². The molecule has 4 rings (SSSR count).